The molecule has 1 heterocycles. The van der Waals surface area contributed by atoms with Gasteiger partial charge in [-0.15, -0.1) is 0 Å². The smallest absolute Gasteiger partial charge is 0.240 e. The molecule has 1 unspecified atom stereocenters. The Morgan fingerprint density at radius 1 is 1.47 bits per heavy atom. The van der Waals surface area contributed by atoms with Crippen molar-refractivity contribution in [1.82, 2.24) is 10.6 Å². The minimum atomic E-state index is -3.38. The zero-order valence-corrected chi connectivity index (χ0v) is 11.6. The summed E-state index contributed by atoms with van der Waals surface area (Å²) in [7, 11) is -3.38. The summed E-state index contributed by atoms with van der Waals surface area (Å²) in [6.07, 6.45) is 3.12. The van der Waals surface area contributed by atoms with Crippen LogP contribution in [0.4, 0.5) is 0 Å². The zero-order valence-electron chi connectivity index (χ0n) is 10.7. The molecule has 100 valence electrons. The first-order valence-electron chi connectivity index (χ1n) is 5.94. The van der Waals surface area contributed by atoms with Gasteiger partial charge in [-0.2, -0.15) is 0 Å². The number of nitrogens with one attached hydrogen (secondary N) is 2. The fourth-order valence-electron chi connectivity index (χ4n) is 1.73. The second-order valence-electron chi connectivity index (χ2n) is 5.19. The van der Waals surface area contributed by atoms with Crippen LogP contribution in [-0.2, 0) is 14.6 Å². The Bertz CT molecular complexity index is 370. The Morgan fingerprint density at radius 2 is 2.12 bits per heavy atom. The molecule has 0 aromatic rings. The quantitative estimate of drug-likeness (QED) is 0.727. The van der Waals surface area contributed by atoms with Crippen molar-refractivity contribution in [2.45, 2.75) is 31.4 Å². The number of hydrogen-bond donors (Lipinski definition) is 2. The summed E-state index contributed by atoms with van der Waals surface area (Å²) in [4.78, 5) is 11.8. The van der Waals surface area contributed by atoms with Gasteiger partial charge in [0.15, 0.2) is 9.84 Å². The molecule has 1 saturated heterocycles. The monoisotopic (exact) mass is 262 g/mol. The van der Waals surface area contributed by atoms with Gasteiger partial charge in [-0.05, 0) is 45.7 Å². The average Bonchev–Trinajstić information content (AvgIpc) is 2.68. The molecule has 0 aromatic carbocycles. The second kappa shape index (κ2) is 5.35. The summed E-state index contributed by atoms with van der Waals surface area (Å²) in [6.45, 7) is 5.45. The van der Waals surface area contributed by atoms with Gasteiger partial charge in [-0.1, -0.05) is 0 Å². The molecule has 17 heavy (non-hydrogen) atoms. The van der Waals surface area contributed by atoms with Crippen molar-refractivity contribution in [3.8, 4) is 0 Å². The number of carbonyl (C=O) groups is 1. The van der Waals surface area contributed by atoms with E-state index in [1.54, 1.807) is 0 Å². The maximum absolute atomic E-state index is 11.8. The molecule has 1 amide bonds. The summed E-state index contributed by atoms with van der Waals surface area (Å²) in [5.74, 6) is 0.183. The molecular weight excluding hydrogens is 240 g/mol. The molecule has 0 radical (unpaired) electrons. The van der Waals surface area contributed by atoms with Gasteiger partial charge in [0.25, 0.3) is 0 Å². The molecule has 2 N–H and O–H groups in total. The van der Waals surface area contributed by atoms with Crippen LogP contribution >= 0.6 is 0 Å². The first kappa shape index (κ1) is 14.4. The van der Waals surface area contributed by atoms with E-state index in [4.69, 9.17) is 0 Å². The minimum Gasteiger partial charge on any atom is -0.355 e. The normalized spacial score (nSPS) is 21.5. The lowest BCUT2D eigenvalue weighted by molar-refractivity contribution is -0.122. The molecule has 0 saturated carbocycles. The van der Waals surface area contributed by atoms with Crippen LogP contribution in [-0.4, -0.2) is 45.0 Å². The minimum absolute atomic E-state index is 0.411. The molecular formula is C11H22N2O3S. The Morgan fingerprint density at radius 3 is 2.59 bits per heavy atom. The second-order valence-corrected chi connectivity index (χ2v) is 7.75. The van der Waals surface area contributed by atoms with Gasteiger partial charge in [0.2, 0.25) is 5.91 Å². The zero-order chi connectivity index (χ0) is 13.1. The Kier molecular flexibility index (Phi) is 4.55. The highest BCUT2D eigenvalue weighted by Gasteiger charge is 2.38. The summed E-state index contributed by atoms with van der Waals surface area (Å²) in [5, 5.41) is 5.97. The lowest BCUT2D eigenvalue weighted by Gasteiger charge is -2.21. The van der Waals surface area contributed by atoms with E-state index in [0.717, 1.165) is 32.2 Å². The van der Waals surface area contributed by atoms with Crippen molar-refractivity contribution in [3.63, 3.8) is 0 Å². The molecule has 1 aliphatic rings. The number of amides is 1. The fraction of sp³-hybridized carbons (Fsp3) is 0.909. The molecule has 1 atom stereocenters. The summed E-state index contributed by atoms with van der Waals surface area (Å²) < 4.78 is 21.5. The fourth-order valence-corrected chi connectivity index (χ4v) is 2.14. The number of hydrogen-bond acceptors (Lipinski definition) is 4. The van der Waals surface area contributed by atoms with Crippen LogP contribution in [0, 0.1) is 5.92 Å². The maximum atomic E-state index is 11.8. The highest BCUT2D eigenvalue weighted by molar-refractivity contribution is 7.92. The molecule has 0 spiro atoms. The van der Waals surface area contributed by atoms with Gasteiger partial charge in [-0.25, -0.2) is 8.42 Å². The number of rotatable bonds is 5. The van der Waals surface area contributed by atoms with E-state index < -0.39 is 20.5 Å². The standard InChI is InChI=1S/C11H22N2O3S/c1-11(2,17(3,15)16)10(14)13-7-5-9-4-6-12-8-9/h9,12H,4-8H2,1-3H3,(H,13,14). The summed E-state index contributed by atoms with van der Waals surface area (Å²) >= 11 is 0. The lowest BCUT2D eigenvalue weighted by Crippen LogP contribution is -2.48. The van der Waals surface area contributed by atoms with Crippen LogP contribution in [0.1, 0.15) is 26.7 Å². The van der Waals surface area contributed by atoms with E-state index in [0.29, 0.717) is 12.5 Å². The maximum Gasteiger partial charge on any atom is 0.240 e. The SMILES string of the molecule is CC(C)(C(=O)NCCC1CCNC1)S(C)(=O)=O. The molecule has 0 aliphatic carbocycles. The van der Waals surface area contributed by atoms with Crippen molar-refractivity contribution in [2.75, 3.05) is 25.9 Å². The van der Waals surface area contributed by atoms with Crippen molar-refractivity contribution in [1.29, 1.82) is 0 Å². The molecule has 5 nitrogen and oxygen atoms in total. The number of sulfone groups is 1. The van der Waals surface area contributed by atoms with Gasteiger partial charge in [0, 0.05) is 12.8 Å². The Balaban J connectivity index is 2.39. The van der Waals surface area contributed by atoms with Crippen LogP contribution < -0.4 is 10.6 Å². The van der Waals surface area contributed by atoms with Gasteiger partial charge in [0.1, 0.15) is 4.75 Å². The molecule has 0 aromatic heterocycles. The van der Waals surface area contributed by atoms with Crippen LogP contribution in [0.5, 0.6) is 0 Å². The van der Waals surface area contributed by atoms with E-state index in [9.17, 15) is 13.2 Å². The average molecular weight is 262 g/mol. The van der Waals surface area contributed by atoms with Crippen molar-refractivity contribution < 1.29 is 13.2 Å². The highest BCUT2D eigenvalue weighted by Crippen LogP contribution is 2.15. The lowest BCUT2D eigenvalue weighted by atomic mass is 10.1. The number of carbonyl (C=O) groups excluding carboxylic acids is 1. The molecule has 0 bridgehead atoms. The molecule has 1 aliphatic heterocycles. The van der Waals surface area contributed by atoms with Gasteiger partial charge < -0.3 is 10.6 Å². The summed E-state index contributed by atoms with van der Waals surface area (Å²) in [6, 6.07) is 0. The van der Waals surface area contributed by atoms with Gasteiger partial charge in [-0.3, -0.25) is 4.79 Å². The first-order valence-corrected chi connectivity index (χ1v) is 7.83. The largest absolute Gasteiger partial charge is 0.355 e. The third-order valence-corrected chi connectivity index (χ3v) is 5.51. The van der Waals surface area contributed by atoms with E-state index >= 15 is 0 Å². The Hall–Kier alpha value is -0.620. The van der Waals surface area contributed by atoms with Crippen molar-refractivity contribution in [3.05, 3.63) is 0 Å². The highest BCUT2D eigenvalue weighted by atomic mass is 32.2. The van der Waals surface area contributed by atoms with Crippen molar-refractivity contribution >= 4 is 15.7 Å². The van der Waals surface area contributed by atoms with Gasteiger partial charge >= 0.3 is 0 Å². The predicted octanol–water partition coefficient (Wildman–Crippen LogP) is -0.0746. The van der Waals surface area contributed by atoms with Crippen LogP contribution in [0.15, 0.2) is 0 Å². The van der Waals surface area contributed by atoms with Crippen LogP contribution in [0.25, 0.3) is 0 Å². The summed E-state index contributed by atoms with van der Waals surface area (Å²) in [5.41, 5.74) is 0. The van der Waals surface area contributed by atoms with E-state index in [-0.39, 0.29) is 0 Å². The Labute approximate surface area is 103 Å². The third kappa shape index (κ3) is 3.67. The van der Waals surface area contributed by atoms with E-state index in [1.165, 1.54) is 13.8 Å². The molecule has 1 rings (SSSR count). The van der Waals surface area contributed by atoms with E-state index in [2.05, 4.69) is 10.6 Å². The van der Waals surface area contributed by atoms with Gasteiger partial charge in [0.05, 0.1) is 0 Å². The predicted molar refractivity (Wildman–Crippen MR) is 67.5 cm³/mol. The molecule has 6 heteroatoms. The van der Waals surface area contributed by atoms with E-state index in [1.807, 2.05) is 0 Å². The topological polar surface area (TPSA) is 75.3 Å². The third-order valence-electron chi connectivity index (χ3n) is 3.47. The van der Waals surface area contributed by atoms with Crippen molar-refractivity contribution in [2.24, 2.45) is 5.92 Å². The van der Waals surface area contributed by atoms with Crippen LogP contribution in [0.2, 0.25) is 0 Å². The molecule has 1 fully saturated rings. The first-order chi connectivity index (χ1) is 7.75. The van der Waals surface area contributed by atoms with Crippen LogP contribution in [0.3, 0.4) is 0 Å².